The van der Waals surface area contributed by atoms with Crippen LogP contribution in [0.15, 0.2) is 0 Å². The van der Waals surface area contributed by atoms with Gasteiger partial charge < -0.3 is 15.0 Å². The first-order chi connectivity index (χ1) is 5.22. The minimum Gasteiger partial charge on any atom is -0.439 e. The van der Waals surface area contributed by atoms with Gasteiger partial charge in [-0.1, -0.05) is 0 Å². The number of hydrogen-bond donors (Lipinski definition) is 1. The molecule has 2 aliphatic rings. The first kappa shape index (κ1) is 9.61. The van der Waals surface area contributed by atoms with E-state index >= 15 is 0 Å². The van der Waals surface area contributed by atoms with Crippen LogP contribution in [0.3, 0.4) is 0 Å². The van der Waals surface area contributed by atoms with E-state index < -0.39 is 0 Å². The number of carbonyl (C=O) groups excluding carboxylic acids is 1. The largest absolute Gasteiger partial charge is 0.439 e. The number of rotatable bonds is 0. The molecule has 1 unspecified atom stereocenters. The van der Waals surface area contributed by atoms with Crippen LogP contribution in [0.1, 0.15) is 6.42 Å². The third kappa shape index (κ3) is 1.36. The Morgan fingerprint density at radius 3 is 2.83 bits per heavy atom. The lowest BCUT2D eigenvalue weighted by Gasteiger charge is -2.17. The molecule has 1 amide bonds. The van der Waals surface area contributed by atoms with Crippen molar-refractivity contribution in [2.24, 2.45) is 0 Å². The average molecular weight is 193 g/mol. The Hall–Kier alpha value is -0.480. The molecule has 2 aliphatic heterocycles. The van der Waals surface area contributed by atoms with Crippen molar-refractivity contribution in [2.45, 2.75) is 12.0 Å². The zero-order chi connectivity index (χ0) is 7.90. The van der Waals surface area contributed by atoms with Gasteiger partial charge in [0.25, 0.3) is 0 Å². The Bertz CT molecular complexity index is 192. The first-order valence-electron chi connectivity index (χ1n) is 3.87. The van der Waals surface area contributed by atoms with E-state index in [0.29, 0.717) is 0 Å². The van der Waals surface area contributed by atoms with Crippen LogP contribution in [0.2, 0.25) is 0 Å². The predicted octanol–water partition coefficient (Wildman–Crippen LogP) is 0.222. The third-order valence-corrected chi connectivity index (χ3v) is 2.35. The van der Waals surface area contributed by atoms with Gasteiger partial charge in [0, 0.05) is 20.0 Å². The van der Waals surface area contributed by atoms with E-state index in [4.69, 9.17) is 4.74 Å². The van der Waals surface area contributed by atoms with Gasteiger partial charge in [-0.15, -0.1) is 12.4 Å². The molecule has 2 fully saturated rings. The van der Waals surface area contributed by atoms with Gasteiger partial charge in [0.05, 0.1) is 6.54 Å². The van der Waals surface area contributed by atoms with Crippen LogP contribution >= 0.6 is 12.4 Å². The van der Waals surface area contributed by atoms with Crippen molar-refractivity contribution >= 4 is 18.5 Å². The molecular weight excluding hydrogens is 180 g/mol. The van der Waals surface area contributed by atoms with Gasteiger partial charge in [0.1, 0.15) is 5.60 Å². The fourth-order valence-corrected chi connectivity index (χ4v) is 1.74. The van der Waals surface area contributed by atoms with E-state index in [9.17, 15) is 4.79 Å². The summed E-state index contributed by atoms with van der Waals surface area (Å²) < 4.78 is 5.25. The molecule has 1 atom stereocenters. The number of nitrogens with zero attached hydrogens (tertiary/aromatic N) is 1. The molecule has 2 saturated heterocycles. The molecule has 0 bridgehead atoms. The van der Waals surface area contributed by atoms with Gasteiger partial charge in [-0.25, -0.2) is 4.79 Å². The van der Waals surface area contributed by atoms with Crippen molar-refractivity contribution in [2.75, 3.05) is 26.7 Å². The summed E-state index contributed by atoms with van der Waals surface area (Å²) in [6.45, 7) is 2.50. The molecule has 2 rings (SSSR count). The monoisotopic (exact) mass is 192 g/mol. The molecular formula is C7H13ClN2O2. The smallest absolute Gasteiger partial charge is 0.410 e. The third-order valence-electron chi connectivity index (χ3n) is 2.35. The van der Waals surface area contributed by atoms with Gasteiger partial charge in [0.2, 0.25) is 0 Å². The average Bonchev–Trinajstić information content (AvgIpc) is 2.46. The standard InChI is InChI=1S/C7H12N2O2.ClH/c1-9-5-7(11-6(9)10)2-3-8-4-7;/h8H,2-5H2,1H3;1H. The fraction of sp³-hybridized carbons (Fsp3) is 0.857. The van der Waals surface area contributed by atoms with Crippen molar-refractivity contribution < 1.29 is 9.53 Å². The van der Waals surface area contributed by atoms with Gasteiger partial charge in [0.15, 0.2) is 0 Å². The molecule has 12 heavy (non-hydrogen) atoms. The second kappa shape index (κ2) is 3.11. The summed E-state index contributed by atoms with van der Waals surface area (Å²) in [6, 6.07) is 0. The van der Waals surface area contributed by atoms with Crippen LogP contribution in [0.5, 0.6) is 0 Å². The van der Waals surface area contributed by atoms with Gasteiger partial charge >= 0.3 is 6.09 Å². The van der Waals surface area contributed by atoms with Crippen molar-refractivity contribution in [3.8, 4) is 0 Å². The quantitative estimate of drug-likeness (QED) is 0.597. The highest BCUT2D eigenvalue weighted by Gasteiger charge is 2.45. The minimum absolute atomic E-state index is 0. The minimum atomic E-state index is -0.203. The van der Waals surface area contributed by atoms with Crippen molar-refractivity contribution in [3.63, 3.8) is 0 Å². The highest BCUT2D eigenvalue weighted by atomic mass is 35.5. The molecule has 2 heterocycles. The second-order valence-electron chi connectivity index (χ2n) is 3.33. The molecule has 4 nitrogen and oxygen atoms in total. The summed E-state index contributed by atoms with van der Waals surface area (Å²) in [5.41, 5.74) is -0.203. The van der Waals surface area contributed by atoms with Crippen LogP contribution in [0.4, 0.5) is 4.79 Å². The molecule has 1 N–H and O–H groups in total. The Morgan fingerprint density at radius 2 is 2.42 bits per heavy atom. The molecule has 0 aromatic heterocycles. The number of ether oxygens (including phenoxy) is 1. The SMILES string of the molecule is CN1CC2(CCNC2)OC1=O.Cl. The number of hydrogen-bond acceptors (Lipinski definition) is 3. The van der Waals surface area contributed by atoms with Crippen molar-refractivity contribution in [1.82, 2.24) is 10.2 Å². The van der Waals surface area contributed by atoms with Crippen molar-refractivity contribution in [3.05, 3.63) is 0 Å². The van der Waals surface area contributed by atoms with E-state index in [1.54, 1.807) is 11.9 Å². The highest BCUT2D eigenvalue weighted by Crippen LogP contribution is 2.27. The molecule has 0 aromatic carbocycles. The van der Waals surface area contributed by atoms with Crippen LogP contribution in [0.25, 0.3) is 0 Å². The lowest BCUT2D eigenvalue weighted by molar-refractivity contribution is 0.0728. The van der Waals surface area contributed by atoms with E-state index in [2.05, 4.69) is 5.32 Å². The Morgan fingerprint density at radius 1 is 1.67 bits per heavy atom. The molecule has 0 saturated carbocycles. The van der Waals surface area contributed by atoms with E-state index in [-0.39, 0.29) is 24.1 Å². The van der Waals surface area contributed by atoms with Gasteiger partial charge in [-0.05, 0) is 6.54 Å². The molecule has 0 radical (unpaired) electrons. The summed E-state index contributed by atoms with van der Waals surface area (Å²) in [7, 11) is 1.77. The molecule has 1 spiro atoms. The first-order valence-corrected chi connectivity index (χ1v) is 3.87. The van der Waals surface area contributed by atoms with Crippen LogP contribution in [0, 0.1) is 0 Å². The maximum atomic E-state index is 11.0. The zero-order valence-corrected chi connectivity index (χ0v) is 7.82. The van der Waals surface area contributed by atoms with E-state index in [1.165, 1.54) is 0 Å². The molecule has 5 heteroatoms. The Balaban J connectivity index is 0.000000720. The summed E-state index contributed by atoms with van der Waals surface area (Å²) >= 11 is 0. The maximum Gasteiger partial charge on any atom is 0.410 e. The summed E-state index contributed by atoms with van der Waals surface area (Å²) in [5, 5.41) is 3.19. The summed E-state index contributed by atoms with van der Waals surface area (Å²) in [6.07, 6.45) is 0.761. The van der Waals surface area contributed by atoms with Crippen LogP contribution in [-0.2, 0) is 4.74 Å². The lowest BCUT2D eigenvalue weighted by Crippen LogP contribution is -2.35. The molecule has 0 aliphatic carbocycles. The number of nitrogens with one attached hydrogen (secondary N) is 1. The van der Waals surface area contributed by atoms with E-state index in [1.807, 2.05) is 0 Å². The summed E-state index contributed by atoms with van der Waals surface area (Å²) in [4.78, 5) is 12.6. The topological polar surface area (TPSA) is 41.6 Å². The van der Waals surface area contributed by atoms with E-state index in [0.717, 1.165) is 26.1 Å². The molecule has 0 aromatic rings. The van der Waals surface area contributed by atoms with Gasteiger partial charge in [-0.2, -0.15) is 0 Å². The number of halogens is 1. The normalized spacial score (nSPS) is 33.8. The zero-order valence-electron chi connectivity index (χ0n) is 7.00. The number of likely N-dealkylation sites (N-methyl/N-ethyl adjacent to an activating group) is 1. The maximum absolute atomic E-state index is 11.0. The Labute approximate surface area is 77.7 Å². The van der Waals surface area contributed by atoms with Crippen LogP contribution < -0.4 is 5.32 Å². The fourth-order valence-electron chi connectivity index (χ4n) is 1.74. The molecule has 70 valence electrons. The number of amides is 1. The lowest BCUT2D eigenvalue weighted by atomic mass is 10.0. The summed E-state index contributed by atoms with van der Waals surface area (Å²) in [5.74, 6) is 0. The Kier molecular flexibility index (Phi) is 2.49. The van der Waals surface area contributed by atoms with Gasteiger partial charge in [-0.3, -0.25) is 0 Å². The van der Waals surface area contributed by atoms with Crippen molar-refractivity contribution in [1.29, 1.82) is 0 Å². The number of carbonyl (C=O) groups is 1. The highest BCUT2D eigenvalue weighted by molar-refractivity contribution is 5.85. The predicted molar refractivity (Wildman–Crippen MR) is 46.6 cm³/mol. The van der Waals surface area contributed by atoms with Crippen LogP contribution in [-0.4, -0.2) is 43.3 Å². The second-order valence-corrected chi connectivity index (χ2v) is 3.33.